The van der Waals surface area contributed by atoms with E-state index < -0.39 is 0 Å². The predicted octanol–water partition coefficient (Wildman–Crippen LogP) is 1.66. The maximum Gasteiger partial charge on any atom is 0.216 e. The maximum atomic E-state index is 5.62. The van der Waals surface area contributed by atoms with Gasteiger partial charge >= 0.3 is 0 Å². The predicted molar refractivity (Wildman–Crippen MR) is 66.2 cm³/mol. The molecule has 3 N–H and O–H groups in total. The third kappa shape index (κ3) is 2.08. The van der Waals surface area contributed by atoms with Crippen LogP contribution in [0.25, 0.3) is 0 Å². The zero-order chi connectivity index (χ0) is 11.7. The molecule has 3 rings (SSSR count). The second-order valence-electron chi connectivity index (χ2n) is 3.86. The second-order valence-corrected chi connectivity index (χ2v) is 4.85. The van der Waals surface area contributed by atoms with Gasteiger partial charge in [0.05, 0.1) is 6.61 Å². The number of nitrogens with one attached hydrogen (secondary N) is 1. The highest BCUT2D eigenvalue weighted by molar-refractivity contribution is 7.99. The second kappa shape index (κ2) is 4.29. The topological polar surface area (TPSA) is 76.8 Å². The minimum Gasteiger partial charge on any atom is -0.493 e. The van der Waals surface area contributed by atoms with Crippen LogP contribution in [-0.4, -0.2) is 27.5 Å². The molecule has 1 aliphatic heterocycles. The number of benzene rings is 1. The number of aromatic nitrogens is 3. The molecular weight excluding hydrogens is 236 g/mol. The van der Waals surface area contributed by atoms with Crippen LogP contribution in [0.3, 0.4) is 0 Å². The Morgan fingerprint density at radius 1 is 1.47 bits per heavy atom. The lowest BCUT2D eigenvalue weighted by Crippen LogP contribution is -2.03. The van der Waals surface area contributed by atoms with Gasteiger partial charge < -0.3 is 10.5 Å². The Kier molecular flexibility index (Phi) is 2.64. The molecule has 0 saturated carbocycles. The van der Waals surface area contributed by atoms with Crippen molar-refractivity contribution in [2.75, 3.05) is 18.1 Å². The van der Waals surface area contributed by atoms with Crippen LogP contribution in [0.2, 0.25) is 0 Å². The van der Waals surface area contributed by atoms with Gasteiger partial charge in [-0.1, -0.05) is 30.0 Å². The van der Waals surface area contributed by atoms with E-state index in [1.54, 1.807) is 11.8 Å². The number of fused-ring (bicyclic) bond motifs is 1. The van der Waals surface area contributed by atoms with Gasteiger partial charge in [-0.2, -0.15) is 4.98 Å². The summed E-state index contributed by atoms with van der Waals surface area (Å²) in [5.74, 6) is 2.65. The number of anilines is 1. The molecule has 6 heteroatoms. The van der Waals surface area contributed by atoms with Crippen molar-refractivity contribution in [3.05, 3.63) is 29.8 Å². The molecule has 0 amide bonds. The summed E-state index contributed by atoms with van der Waals surface area (Å²) in [5, 5.41) is 7.31. The first-order valence-corrected chi connectivity index (χ1v) is 6.34. The first-order valence-electron chi connectivity index (χ1n) is 5.35. The molecule has 1 aliphatic rings. The number of aromatic amines is 1. The van der Waals surface area contributed by atoms with Crippen molar-refractivity contribution in [3.8, 4) is 5.75 Å². The third-order valence-corrected chi connectivity index (χ3v) is 3.70. The van der Waals surface area contributed by atoms with E-state index in [0.717, 1.165) is 18.1 Å². The molecule has 17 heavy (non-hydrogen) atoms. The molecule has 0 bridgehead atoms. The fourth-order valence-corrected chi connectivity index (χ4v) is 2.76. The van der Waals surface area contributed by atoms with E-state index in [1.807, 2.05) is 18.2 Å². The SMILES string of the molecule is Nc1nc(SCC2COc3ccccc32)n[nH]1. The first-order chi connectivity index (χ1) is 8.33. The molecule has 0 radical (unpaired) electrons. The van der Waals surface area contributed by atoms with Gasteiger partial charge in [0.25, 0.3) is 0 Å². The molecule has 1 aromatic carbocycles. The quantitative estimate of drug-likeness (QED) is 0.808. The summed E-state index contributed by atoms with van der Waals surface area (Å²) < 4.78 is 5.62. The highest BCUT2D eigenvalue weighted by atomic mass is 32.2. The highest BCUT2D eigenvalue weighted by Gasteiger charge is 2.23. The summed E-state index contributed by atoms with van der Waals surface area (Å²) in [6, 6.07) is 8.14. The molecule has 1 unspecified atom stereocenters. The lowest BCUT2D eigenvalue weighted by atomic mass is 10.0. The number of para-hydroxylation sites is 1. The monoisotopic (exact) mass is 248 g/mol. The number of thioether (sulfide) groups is 1. The normalized spacial score (nSPS) is 17.8. The van der Waals surface area contributed by atoms with Crippen LogP contribution >= 0.6 is 11.8 Å². The number of hydrogen-bond acceptors (Lipinski definition) is 5. The summed E-state index contributed by atoms with van der Waals surface area (Å²) in [6.45, 7) is 0.728. The molecule has 2 heterocycles. The van der Waals surface area contributed by atoms with Crippen molar-refractivity contribution in [3.63, 3.8) is 0 Å². The standard InChI is InChI=1S/C11H12N4OS/c12-10-13-11(15-14-10)17-6-7-5-16-9-4-2-1-3-8(7)9/h1-4,7H,5-6H2,(H3,12,13,14,15). The molecule has 5 nitrogen and oxygen atoms in total. The van der Waals surface area contributed by atoms with Gasteiger partial charge in [0, 0.05) is 17.2 Å². The fourth-order valence-electron chi connectivity index (χ4n) is 1.87. The molecule has 88 valence electrons. The average molecular weight is 248 g/mol. The van der Waals surface area contributed by atoms with Crippen LogP contribution in [-0.2, 0) is 0 Å². The van der Waals surface area contributed by atoms with Crippen molar-refractivity contribution >= 4 is 17.7 Å². The van der Waals surface area contributed by atoms with Gasteiger partial charge in [-0.15, -0.1) is 5.10 Å². The van der Waals surface area contributed by atoms with Gasteiger partial charge in [-0.05, 0) is 6.07 Å². The van der Waals surface area contributed by atoms with Gasteiger partial charge in [-0.25, -0.2) is 5.10 Å². The van der Waals surface area contributed by atoms with Crippen molar-refractivity contribution in [2.45, 2.75) is 11.1 Å². The molecule has 0 spiro atoms. The van der Waals surface area contributed by atoms with E-state index in [0.29, 0.717) is 17.0 Å². The number of H-pyrrole nitrogens is 1. The van der Waals surface area contributed by atoms with E-state index >= 15 is 0 Å². The molecule has 0 aliphatic carbocycles. The Morgan fingerprint density at radius 2 is 2.35 bits per heavy atom. The number of rotatable bonds is 3. The van der Waals surface area contributed by atoms with Crippen molar-refractivity contribution in [1.29, 1.82) is 0 Å². The van der Waals surface area contributed by atoms with Crippen molar-refractivity contribution < 1.29 is 4.74 Å². The highest BCUT2D eigenvalue weighted by Crippen LogP contribution is 2.36. The Balaban J connectivity index is 1.68. The minimum atomic E-state index is 0.357. The summed E-state index contributed by atoms with van der Waals surface area (Å²) >= 11 is 1.59. The smallest absolute Gasteiger partial charge is 0.216 e. The van der Waals surface area contributed by atoms with E-state index in [1.165, 1.54) is 5.56 Å². The van der Waals surface area contributed by atoms with Crippen LogP contribution in [0.1, 0.15) is 11.5 Å². The first kappa shape index (κ1) is 10.5. The van der Waals surface area contributed by atoms with Crippen LogP contribution in [0.5, 0.6) is 5.75 Å². The summed E-state index contributed by atoms with van der Waals surface area (Å²) in [6.07, 6.45) is 0. The Bertz CT molecular complexity index is 528. The van der Waals surface area contributed by atoms with E-state index in [4.69, 9.17) is 10.5 Å². The van der Waals surface area contributed by atoms with Crippen molar-refractivity contribution in [2.24, 2.45) is 0 Å². The zero-order valence-corrected chi connectivity index (χ0v) is 9.91. The Morgan fingerprint density at radius 3 is 3.18 bits per heavy atom. The maximum absolute atomic E-state index is 5.62. The largest absolute Gasteiger partial charge is 0.493 e. The third-order valence-electron chi connectivity index (χ3n) is 2.69. The summed E-state index contributed by atoms with van der Waals surface area (Å²) in [7, 11) is 0. The van der Waals surface area contributed by atoms with E-state index in [9.17, 15) is 0 Å². The summed E-state index contributed by atoms with van der Waals surface area (Å²) in [4.78, 5) is 4.06. The van der Waals surface area contributed by atoms with Crippen LogP contribution in [0.15, 0.2) is 29.4 Å². The van der Waals surface area contributed by atoms with Crippen LogP contribution < -0.4 is 10.5 Å². The fraction of sp³-hybridized carbons (Fsp3) is 0.273. The molecule has 0 saturated heterocycles. The van der Waals surface area contributed by atoms with Gasteiger partial charge in [0.2, 0.25) is 11.1 Å². The van der Waals surface area contributed by atoms with E-state index in [-0.39, 0.29) is 0 Å². The van der Waals surface area contributed by atoms with Gasteiger partial charge in [-0.3, -0.25) is 0 Å². The van der Waals surface area contributed by atoms with Crippen molar-refractivity contribution in [1.82, 2.24) is 15.2 Å². The lowest BCUT2D eigenvalue weighted by molar-refractivity contribution is 0.338. The molecule has 0 fully saturated rings. The number of hydrogen-bond donors (Lipinski definition) is 2. The Labute approximate surface area is 103 Å². The zero-order valence-electron chi connectivity index (χ0n) is 9.09. The molecule has 1 aromatic heterocycles. The average Bonchev–Trinajstić information content (AvgIpc) is 2.93. The number of nitrogens with zero attached hydrogens (tertiary/aromatic N) is 2. The number of nitrogens with two attached hydrogens (primary N) is 1. The molecular formula is C11H12N4OS. The van der Waals surface area contributed by atoms with E-state index in [2.05, 4.69) is 21.2 Å². The number of ether oxygens (including phenoxy) is 1. The number of nitrogen functional groups attached to an aromatic ring is 1. The summed E-state index contributed by atoms with van der Waals surface area (Å²) in [5.41, 5.74) is 6.74. The molecule has 2 aromatic rings. The van der Waals surface area contributed by atoms with Crippen LogP contribution in [0, 0.1) is 0 Å². The van der Waals surface area contributed by atoms with Crippen LogP contribution in [0.4, 0.5) is 5.95 Å². The lowest BCUT2D eigenvalue weighted by Gasteiger charge is -2.05. The van der Waals surface area contributed by atoms with Gasteiger partial charge in [0.15, 0.2) is 0 Å². The minimum absolute atomic E-state index is 0.357. The Hall–Kier alpha value is -1.69. The molecule has 1 atom stereocenters. The van der Waals surface area contributed by atoms with Gasteiger partial charge in [0.1, 0.15) is 5.75 Å².